The number of benzene rings is 1. The van der Waals surface area contributed by atoms with Crippen LogP contribution in [0.2, 0.25) is 0 Å². The first-order valence-electron chi connectivity index (χ1n) is 16.0. The van der Waals surface area contributed by atoms with Gasteiger partial charge in [-0.1, -0.05) is 23.3 Å². The van der Waals surface area contributed by atoms with Crippen molar-refractivity contribution in [3.8, 4) is 11.5 Å². The second-order valence-electron chi connectivity index (χ2n) is 15.4. The molecule has 0 N–H and O–H groups in total. The Bertz CT molecular complexity index is 1540. The quantitative estimate of drug-likeness (QED) is 0.274. The largest absolute Gasteiger partial charge is 0.339 e. The normalized spacial score (nSPS) is 35.4. The Balaban J connectivity index is 0.976. The van der Waals surface area contributed by atoms with Crippen LogP contribution in [0.15, 0.2) is 33.3 Å². The fraction of sp³-hybridized carbons (Fsp3) is 0.667. The maximum absolute atomic E-state index is 14.4. The molecule has 0 saturated heterocycles. The Hall–Kier alpha value is -3.10. The van der Waals surface area contributed by atoms with Crippen LogP contribution in [0, 0.1) is 10.8 Å². The number of alkyl halides is 1. The van der Waals surface area contributed by atoms with Crippen LogP contribution < -0.4 is 4.90 Å². The maximum Gasteiger partial charge on any atom is 0.258 e. The van der Waals surface area contributed by atoms with Crippen molar-refractivity contribution < 1.29 is 18.2 Å². The molecule has 1 aromatic carbocycles. The maximum atomic E-state index is 14.4. The van der Waals surface area contributed by atoms with Crippen molar-refractivity contribution in [3.63, 3.8) is 0 Å². The monoisotopic (exact) mass is 571 g/mol. The van der Waals surface area contributed by atoms with Crippen LogP contribution in [0.3, 0.4) is 0 Å². The molecule has 0 atom stereocenters. The van der Waals surface area contributed by atoms with Crippen molar-refractivity contribution >= 4 is 11.6 Å². The Morgan fingerprint density at radius 2 is 1.69 bits per heavy atom. The van der Waals surface area contributed by atoms with Crippen molar-refractivity contribution in [2.45, 2.75) is 119 Å². The molecule has 8 fully saturated rings. The molecule has 3 aromatic rings. The Morgan fingerprint density at radius 3 is 2.36 bits per heavy atom. The Morgan fingerprint density at radius 1 is 0.952 bits per heavy atom. The summed E-state index contributed by atoms with van der Waals surface area (Å²) >= 11 is 0. The lowest BCUT2D eigenvalue weighted by Crippen LogP contribution is -2.65. The molecule has 0 radical (unpaired) electrons. The van der Waals surface area contributed by atoms with E-state index in [1.54, 1.807) is 0 Å². The highest BCUT2D eigenvalue weighted by Gasteiger charge is 2.69. The number of anilines is 1. The zero-order valence-electron chi connectivity index (χ0n) is 24.3. The zero-order chi connectivity index (χ0) is 28.4. The lowest BCUT2D eigenvalue weighted by Gasteiger charge is -2.66. The number of aromatic nitrogens is 4. The molecule has 220 valence electrons. The number of rotatable bonds is 9. The van der Waals surface area contributed by atoms with Crippen LogP contribution in [-0.2, 0) is 15.6 Å². The molecular formula is C33H38FN5O3. The first-order valence-corrected chi connectivity index (χ1v) is 16.0. The SMILES string of the molecule is CC1(c2nc(C34CCC(CN(C(=O)CC56CC(F)(C5)C6)c5cccc(-c6nc(C7CC7)no6)c5)(CC3)CC4)no2)CC1. The third-order valence-corrected chi connectivity index (χ3v) is 12.0. The van der Waals surface area contributed by atoms with Crippen molar-refractivity contribution in [1.29, 1.82) is 0 Å². The van der Waals surface area contributed by atoms with E-state index >= 15 is 0 Å². The van der Waals surface area contributed by atoms with E-state index in [-0.39, 0.29) is 27.6 Å². The van der Waals surface area contributed by atoms with Crippen LogP contribution in [0.5, 0.6) is 0 Å². The smallest absolute Gasteiger partial charge is 0.258 e. The van der Waals surface area contributed by atoms with Gasteiger partial charge in [0.1, 0.15) is 5.67 Å². The lowest BCUT2D eigenvalue weighted by atomic mass is 9.41. The summed E-state index contributed by atoms with van der Waals surface area (Å²) in [5.41, 5.74) is 0.653. The van der Waals surface area contributed by atoms with Crippen molar-refractivity contribution in [1.82, 2.24) is 20.3 Å². The summed E-state index contributed by atoms with van der Waals surface area (Å²) < 4.78 is 25.7. The first kappa shape index (κ1) is 25.4. The van der Waals surface area contributed by atoms with Crippen LogP contribution >= 0.6 is 0 Å². The van der Waals surface area contributed by atoms with E-state index in [2.05, 4.69) is 22.2 Å². The number of amides is 1. The van der Waals surface area contributed by atoms with E-state index in [4.69, 9.17) is 14.0 Å². The minimum absolute atomic E-state index is 0.0119. The molecule has 42 heavy (non-hydrogen) atoms. The second kappa shape index (κ2) is 8.29. The third-order valence-electron chi connectivity index (χ3n) is 12.0. The molecule has 9 heteroatoms. The van der Waals surface area contributed by atoms with Crippen LogP contribution in [0.4, 0.5) is 10.1 Å². The first-order chi connectivity index (χ1) is 20.2. The van der Waals surface area contributed by atoms with Gasteiger partial charge < -0.3 is 13.9 Å². The van der Waals surface area contributed by atoms with Gasteiger partial charge in [-0.15, -0.1) is 0 Å². The van der Waals surface area contributed by atoms with E-state index < -0.39 is 5.67 Å². The summed E-state index contributed by atoms with van der Waals surface area (Å²) in [7, 11) is 0. The lowest BCUT2D eigenvalue weighted by molar-refractivity contribution is -0.215. The number of hydrogen-bond acceptors (Lipinski definition) is 7. The Kier molecular flexibility index (Phi) is 5.01. The number of carbonyl (C=O) groups is 1. The minimum atomic E-state index is -1.01. The molecule has 0 unspecified atom stereocenters. The fourth-order valence-corrected chi connectivity index (χ4v) is 8.71. The third kappa shape index (κ3) is 3.94. The molecule has 0 aliphatic heterocycles. The summed E-state index contributed by atoms with van der Waals surface area (Å²) in [5, 5.41) is 8.69. The highest BCUT2D eigenvalue weighted by atomic mass is 19.1. The topological polar surface area (TPSA) is 98.2 Å². The van der Waals surface area contributed by atoms with Crippen LogP contribution in [-0.4, -0.2) is 38.4 Å². The highest BCUT2D eigenvalue weighted by Crippen LogP contribution is 2.71. The van der Waals surface area contributed by atoms with Gasteiger partial charge in [0, 0.05) is 41.0 Å². The summed E-state index contributed by atoms with van der Waals surface area (Å²) in [6, 6.07) is 7.98. The molecule has 8 aliphatic carbocycles. The molecule has 8 aliphatic rings. The molecule has 8 nitrogen and oxygen atoms in total. The molecule has 1 amide bonds. The number of fused-ring (bicyclic) bond motifs is 3. The van der Waals surface area contributed by atoms with Crippen LogP contribution in [0.1, 0.15) is 120 Å². The van der Waals surface area contributed by atoms with Gasteiger partial charge in [0.15, 0.2) is 11.6 Å². The van der Waals surface area contributed by atoms with Crippen molar-refractivity contribution in [3.05, 3.63) is 41.8 Å². The molecular weight excluding hydrogens is 533 g/mol. The predicted octanol–water partition coefficient (Wildman–Crippen LogP) is 6.96. The summed E-state index contributed by atoms with van der Waals surface area (Å²) in [6.45, 7) is 2.88. The van der Waals surface area contributed by atoms with Crippen molar-refractivity contribution in [2.75, 3.05) is 11.4 Å². The van der Waals surface area contributed by atoms with Gasteiger partial charge in [-0.3, -0.25) is 4.79 Å². The van der Waals surface area contributed by atoms with Gasteiger partial charge in [-0.05, 0) is 112 Å². The summed E-state index contributed by atoms with van der Waals surface area (Å²) in [5.74, 6) is 3.50. The molecule has 2 aromatic heterocycles. The van der Waals surface area contributed by atoms with Crippen LogP contribution in [0.25, 0.3) is 11.5 Å². The molecule has 11 rings (SSSR count). The standard InChI is InChI=1S/C33H38FN5O3/c1-29(7-8-29)28-36-27(38-42-28)32-12-9-30(10-13-32,11-14-32)20-39(24(40)16-31-17-33(34,18-31)19-31)23-4-2-3-22(15-23)26-35-25(37-41-26)21-5-6-21/h2-4,15,21H,5-14,16-20H2,1H3. The van der Waals surface area contributed by atoms with Gasteiger partial charge >= 0.3 is 0 Å². The summed E-state index contributed by atoms with van der Waals surface area (Å²) in [6.07, 6.45) is 12.6. The van der Waals surface area contributed by atoms with Gasteiger partial charge in [0.25, 0.3) is 5.89 Å². The van der Waals surface area contributed by atoms with E-state index in [0.717, 1.165) is 93.0 Å². The minimum Gasteiger partial charge on any atom is -0.339 e. The van der Waals surface area contributed by atoms with E-state index in [1.165, 1.54) is 0 Å². The predicted molar refractivity (Wildman–Crippen MR) is 151 cm³/mol. The molecule has 0 spiro atoms. The number of hydrogen-bond donors (Lipinski definition) is 0. The summed E-state index contributed by atoms with van der Waals surface area (Å²) in [4.78, 5) is 25.7. The zero-order valence-corrected chi connectivity index (χ0v) is 24.3. The van der Waals surface area contributed by atoms with E-state index in [0.29, 0.717) is 44.0 Å². The number of nitrogens with zero attached hydrogens (tertiary/aromatic N) is 5. The highest BCUT2D eigenvalue weighted by molar-refractivity contribution is 5.94. The Labute approximate surface area is 244 Å². The van der Waals surface area contributed by atoms with E-state index in [1.807, 2.05) is 29.2 Å². The average Bonchev–Trinajstić information content (AvgIpc) is 3.84. The van der Waals surface area contributed by atoms with Crippen molar-refractivity contribution in [2.24, 2.45) is 10.8 Å². The molecule has 4 bridgehead atoms. The van der Waals surface area contributed by atoms with Gasteiger partial charge in [0.05, 0.1) is 0 Å². The molecule has 2 heterocycles. The average molecular weight is 572 g/mol. The second-order valence-corrected chi connectivity index (χ2v) is 15.4. The van der Waals surface area contributed by atoms with Gasteiger partial charge in [-0.25, -0.2) is 4.39 Å². The van der Waals surface area contributed by atoms with Gasteiger partial charge in [-0.2, -0.15) is 9.97 Å². The number of carbonyl (C=O) groups excluding carboxylic acids is 1. The number of halogens is 1. The molecule has 8 saturated carbocycles. The van der Waals surface area contributed by atoms with E-state index in [9.17, 15) is 9.18 Å². The van der Waals surface area contributed by atoms with Gasteiger partial charge in [0.2, 0.25) is 11.8 Å². The fourth-order valence-electron chi connectivity index (χ4n) is 8.71.